The number of hydrogen-bond donors (Lipinski definition) is 1. The summed E-state index contributed by atoms with van der Waals surface area (Å²) in [6, 6.07) is 6.90. The average Bonchev–Trinajstić information content (AvgIpc) is 2.46. The molecule has 1 fully saturated rings. The van der Waals surface area contributed by atoms with Gasteiger partial charge in [-0.2, -0.15) is 0 Å². The molecule has 1 aromatic carbocycles. The number of nitrogens with zero attached hydrogens (tertiary/aromatic N) is 3. The van der Waals surface area contributed by atoms with Crippen LogP contribution >= 0.6 is 0 Å². The summed E-state index contributed by atoms with van der Waals surface area (Å²) >= 11 is 0. The molecule has 0 bridgehead atoms. The van der Waals surface area contributed by atoms with Crippen LogP contribution in [0.1, 0.15) is 10.4 Å². The third-order valence-electron chi connectivity index (χ3n) is 3.38. The zero-order valence-corrected chi connectivity index (χ0v) is 11.9. The Balaban J connectivity index is 1.95. The Kier molecular flexibility index (Phi) is 4.12. The molecular formula is C14H20N4O2. The molecule has 20 heavy (non-hydrogen) atoms. The first-order chi connectivity index (χ1) is 9.49. The van der Waals surface area contributed by atoms with Gasteiger partial charge in [0.25, 0.3) is 5.91 Å². The van der Waals surface area contributed by atoms with Gasteiger partial charge >= 0.3 is 6.03 Å². The van der Waals surface area contributed by atoms with Crippen molar-refractivity contribution in [3.05, 3.63) is 29.8 Å². The lowest BCUT2D eigenvalue weighted by Crippen LogP contribution is -2.52. The maximum absolute atomic E-state index is 12.3. The molecule has 1 saturated heterocycles. The van der Waals surface area contributed by atoms with E-state index in [1.54, 1.807) is 53.1 Å². The molecule has 2 rings (SSSR count). The fourth-order valence-corrected chi connectivity index (χ4v) is 2.19. The zero-order valence-electron chi connectivity index (χ0n) is 11.9. The molecule has 0 aromatic heterocycles. The summed E-state index contributed by atoms with van der Waals surface area (Å²) in [5.41, 5.74) is 6.88. The topological polar surface area (TPSA) is 69.9 Å². The quantitative estimate of drug-likeness (QED) is 0.768. The van der Waals surface area contributed by atoms with Crippen LogP contribution in [0, 0.1) is 0 Å². The predicted molar refractivity (Wildman–Crippen MR) is 77.4 cm³/mol. The minimum atomic E-state index is -0.0121. The highest BCUT2D eigenvalue weighted by Crippen LogP contribution is 2.11. The number of anilines is 1. The first kappa shape index (κ1) is 14.2. The summed E-state index contributed by atoms with van der Waals surface area (Å²) < 4.78 is 0. The number of urea groups is 1. The van der Waals surface area contributed by atoms with E-state index in [2.05, 4.69) is 0 Å². The number of amides is 3. The van der Waals surface area contributed by atoms with E-state index in [4.69, 9.17) is 5.73 Å². The zero-order chi connectivity index (χ0) is 14.7. The summed E-state index contributed by atoms with van der Waals surface area (Å²) in [5.74, 6) is -0.0121. The Bertz CT molecular complexity index is 490. The Hall–Kier alpha value is -2.24. The van der Waals surface area contributed by atoms with Crippen molar-refractivity contribution >= 4 is 17.6 Å². The number of hydrogen-bond acceptors (Lipinski definition) is 3. The highest BCUT2D eigenvalue weighted by Gasteiger charge is 2.25. The summed E-state index contributed by atoms with van der Waals surface area (Å²) in [6.07, 6.45) is 0. The van der Waals surface area contributed by atoms with Gasteiger partial charge in [0.15, 0.2) is 0 Å². The Morgan fingerprint density at radius 3 is 2.00 bits per heavy atom. The number of carbonyl (C=O) groups is 2. The van der Waals surface area contributed by atoms with Crippen LogP contribution in [0.3, 0.4) is 0 Å². The van der Waals surface area contributed by atoms with Crippen molar-refractivity contribution in [2.45, 2.75) is 0 Å². The van der Waals surface area contributed by atoms with E-state index in [-0.39, 0.29) is 11.9 Å². The molecule has 108 valence electrons. The van der Waals surface area contributed by atoms with Gasteiger partial charge in [-0.3, -0.25) is 4.79 Å². The lowest BCUT2D eigenvalue weighted by Gasteiger charge is -2.36. The second-order valence-corrected chi connectivity index (χ2v) is 5.08. The van der Waals surface area contributed by atoms with Crippen molar-refractivity contribution in [2.75, 3.05) is 46.0 Å². The molecule has 3 amide bonds. The minimum absolute atomic E-state index is 0.00964. The molecule has 6 nitrogen and oxygen atoms in total. The predicted octanol–water partition coefficient (Wildman–Crippen LogP) is 0.708. The van der Waals surface area contributed by atoms with Crippen LogP contribution in [-0.2, 0) is 0 Å². The molecule has 0 atom stereocenters. The standard InChI is InChI=1S/C14H20N4O2/c1-16(2)14(20)18-9-7-17(8-10-18)13(19)11-3-5-12(15)6-4-11/h3-6H,7-10,15H2,1-2H3. The van der Waals surface area contributed by atoms with Crippen LogP contribution < -0.4 is 5.73 Å². The molecule has 1 heterocycles. The molecule has 0 spiro atoms. The molecule has 0 saturated carbocycles. The number of nitrogens with two attached hydrogens (primary N) is 1. The van der Waals surface area contributed by atoms with Gasteiger partial charge in [-0.15, -0.1) is 0 Å². The van der Waals surface area contributed by atoms with Crippen molar-refractivity contribution < 1.29 is 9.59 Å². The molecule has 0 aliphatic carbocycles. The van der Waals surface area contributed by atoms with Crippen molar-refractivity contribution in [2.24, 2.45) is 0 Å². The highest BCUT2D eigenvalue weighted by atomic mass is 16.2. The van der Waals surface area contributed by atoms with E-state index < -0.39 is 0 Å². The summed E-state index contributed by atoms with van der Waals surface area (Å²) in [4.78, 5) is 29.2. The molecule has 1 aliphatic rings. The SMILES string of the molecule is CN(C)C(=O)N1CCN(C(=O)c2ccc(N)cc2)CC1. The van der Waals surface area contributed by atoms with Gasteiger partial charge in [0.05, 0.1) is 0 Å². The maximum Gasteiger partial charge on any atom is 0.319 e. The van der Waals surface area contributed by atoms with Crippen molar-refractivity contribution in [3.8, 4) is 0 Å². The highest BCUT2D eigenvalue weighted by molar-refractivity contribution is 5.94. The lowest BCUT2D eigenvalue weighted by atomic mass is 10.1. The van der Waals surface area contributed by atoms with Crippen LogP contribution in [0.5, 0.6) is 0 Å². The van der Waals surface area contributed by atoms with Crippen LogP contribution in [0.2, 0.25) is 0 Å². The largest absolute Gasteiger partial charge is 0.399 e. The van der Waals surface area contributed by atoms with E-state index in [0.29, 0.717) is 37.4 Å². The Labute approximate surface area is 118 Å². The van der Waals surface area contributed by atoms with Crippen LogP contribution in [0.15, 0.2) is 24.3 Å². The van der Waals surface area contributed by atoms with E-state index in [9.17, 15) is 9.59 Å². The van der Waals surface area contributed by atoms with Crippen molar-refractivity contribution in [1.29, 1.82) is 0 Å². The Morgan fingerprint density at radius 1 is 1.00 bits per heavy atom. The molecule has 6 heteroatoms. The molecule has 1 aliphatic heterocycles. The number of carbonyl (C=O) groups excluding carboxylic acids is 2. The monoisotopic (exact) mass is 276 g/mol. The lowest BCUT2D eigenvalue weighted by molar-refractivity contribution is 0.0650. The minimum Gasteiger partial charge on any atom is -0.399 e. The van der Waals surface area contributed by atoms with Gasteiger partial charge in [-0.05, 0) is 24.3 Å². The van der Waals surface area contributed by atoms with Crippen molar-refractivity contribution in [3.63, 3.8) is 0 Å². The third-order valence-corrected chi connectivity index (χ3v) is 3.38. The second kappa shape index (κ2) is 5.81. The van der Waals surface area contributed by atoms with E-state index in [0.717, 1.165) is 0 Å². The van der Waals surface area contributed by atoms with Gasteiger partial charge in [0.2, 0.25) is 0 Å². The molecule has 0 radical (unpaired) electrons. The van der Waals surface area contributed by atoms with Crippen molar-refractivity contribution in [1.82, 2.24) is 14.7 Å². The maximum atomic E-state index is 12.3. The summed E-state index contributed by atoms with van der Waals surface area (Å²) in [6.45, 7) is 2.25. The fourth-order valence-electron chi connectivity index (χ4n) is 2.19. The number of benzene rings is 1. The molecular weight excluding hydrogens is 256 g/mol. The van der Waals surface area contributed by atoms with Gasteiger partial charge in [0.1, 0.15) is 0 Å². The van der Waals surface area contributed by atoms with Gasteiger partial charge in [-0.1, -0.05) is 0 Å². The number of rotatable bonds is 1. The van der Waals surface area contributed by atoms with Gasteiger partial charge in [0, 0.05) is 51.5 Å². The van der Waals surface area contributed by atoms with Crippen LogP contribution in [0.4, 0.5) is 10.5 Å². The molecule has 1 aromatic rings. The Morgan fingerprint density at radius 2 is 1.50 bits per heavy atom. The third kappa shape index (κ3) is 3.01. The van der Waals surface area contributed by atoms with Gasteiger partial charge < -0.3 is 20.4 Å². The number of nitrogen functional groups attached to an aromatic ring is 1. The first-order valence-corrected chi connectivity index (χ1v) is 6.60. The second-order valence-electron chi connectivity index (χ2n) is 5.08. The van der Waals surface area contributed by atoms with Crippen LogP contribution in [-0.4, -0.2) is 66.9 Å². The summed E-state index contributed by atoms with van der Waals surface area (Å²) in [5, 5.41) is 0. The first-order valence-electron chi connectivity index (χ1n) is 6.60. The summed E-state index contributed by atoms with van der Waals surface area (Å²) in [7, 11) is 3.46. The van der Waals surface area contributed by atoms with Gasteiger partial charge in [-0.25, -0.2) is 4.79 Å². The normalized spacial score (nSPS) is 15.1. The van der Waals surface area contributed by atoms with Crippen LogP contribution in [0.25, 0.3) is 0 Å². The smallest absolute Gasteiger partial charge is 0.319 e. The van der Waals surface area contributed by atoms with E-state index >= 15 is 0 Å². The molecule has 0 unspecified atom stereocenters. The average molecular weight is 276 g/mol. The fraction of sp³-hybridized carbons (Fsp3) is 0.429. The molecule has 2 N–H and O–H groups in total. The van der Waals surface area contributed by atoms with E-state index in [1.807, 2.05) is 0 Å². The van der Waals surface area contributed by atoms with E-state index in [1.165, 1.54) is 0 Å². The number of piperazine rings is 1.